The number of aromatic amines is 1. The lowest BCUT2D eigenvalue weighted by Gasteiger charge is -2.12. The lowest BCUT2D eigenvalue weighted by Crippen LogP contribution is -1.87. The smallest absolute Gasteiger partial charge is 0.0544 e. The second-order valence-electron chi connectivity index (χ2n) is 12.7. The molecule has 232 valence electrons. The Morgan fingerprint density at radius 2 is 0.673 bits per heavy atom. The van der Waals surface area contributed by atoms with E-state index in [1.165, 1.54) is 77.5 Å². The number of hydrogen-bond acceptors (Lipinski definition) is 0. The van der Waals surface area contributed by atoms with Gasteiger partial charge in [-0.25, -0.2) is 0 Å². The number of aromatic nitrogens is 1. The average Bonchev–Trinajstić information content (AvgIpc) is 3.57. The molecule has 0 bridgehead atoms. The summed E-state index contributed by atoms with van der Waals surface area (Å²) in [5.41, 5.74) is 16.8. The highest BCUT2D eigenvalue weighted by molar-refractivity contribution is 6.13. The van der Waals surface area contributed by atoms with Crippen molar-refractivity contribution < 1.29 is 1.43 Å². The zero-order chi connectivity index (χ0) is 32.6. The van der Waals surface area contributed by atoms with Gasteiger partial charge in [-0.05, 0) is 91.5 Å². The molecule has 9 aromatic rings. The van der Waals surface area contributed by atoms with Gasteiger partial charge in [-0.15, -0.1) is 0 Å². The van der Waals surface area contributed by atoms with Crippen LogP contribution >= 0.6 is 0 Å². The summed E-state index contributed by atoms with van der Waals surface area (Å²) in [6.45, 7) is 0. The Bertz CT molecular complexity index is 2560. The quantitative estimate of drug-likeness (QED) is 0.189. The van der Waals surface area contributed by atoms with E-state index in [1.54, 1.807) is 0 Å². The van der Waals surface area contributed by atoms with Crippen LogP contribution in [0.4, 0.5) is 0 Å². The maximum atomic E-state index is 3.76. The van der Waals surface area contributed by atoms with Crippen LogP contribution in [0.15, 0.2) is 194 Å². The summed E-state index contributed by atoms with van der Waals surface area (Å²) in [5.74, 6) is 0. The molecule has 0 amide bonds. The minimum atomic E-state index is 0. The van der Waals surface area contributed by atoms with Crippen LogP contribution in [0.1, 0.15) is 1.43 Å². The van der Waals surface area contributed by atoms with Crippen molar-refractivity contribution in [2.45, 2.75) is 0 Å². The fraction of sp³-hybridized carbons (Fsp3) is 0. The van der Waals surface area contributed by atoms with E-state index in [0.717, 1.165) is 11.0 Å². The van der Waals surface area contributed by atoms with Crippen molar-refractivity contribution >= 4 is 21.8 Å². The van der Waals surface area contributed by atoms with Crippen LogP contribution in [0.25, 0.3) is 88.6 Å². The Kier molecular flexibility index (Phi) is 7.22. The predicted molar refractivity (Wildman–Crippen MR) is 211 cm³/mol. The van der Waals surface area contributed by atoms with Gasteiger partial charge in [-0.2, -0.15) is 0 Å². The summed E-state index contributed by atoms with van der Waals surface area (Å²) in [6, 6.07) is 70.1. The van der Waals surface area contributed by atoms with Gasteiger partial charge in [0.25, 0.3) is 0 Å². The average molecular weight is 626 g/mol. The van der Waals surface area contributed by atoms with Crippen molar-refractivity contribution in [2.75, 3.05) is 0 Å². The molecular formula is C48H35N. The van der Waals surface area contributed by atoms with Crippen LogP contribution in [-0.4, -0.2) is 4.98 Å². The number of para-hydroxylation sites is 1. The highest BCUT2D eigenvalue weighted by Gasteiger charge is 2.14. The fourth-order valence-electron chi connectivity index (χ4n) is 7.06. The van der Waals surface area contributed by atoms with Crippen molar-refractivity contribution in [1.82, 2.24) is 4.98 Å². The Labute approximate surface area is 288 Å². The largest absolute Gasteiger partial charge is 0.354 e. The van der Waals surface area contributed by atoms with E-state index < -0.39 is 0 Å². The molecule has 0 spiro atoms. The monoisotopic (exact) mass is 625 g/mol. The second kappa shape index (κ2) is 12.3. The summed E-state index contributed by atoms with van der Waals surface area (Å²) in [4.78, 5) is 3.76. The first-order chi connectivity index (χ1) is 24.3. The fourth-order valence-corrected chi connectivity index (χ4v) is 7.06. The summed E-state index contributed by atoms with van der Waals surface area (Å²) >= 11 is 0. The third-order valence-electron chi connectivity index (χ3n) is 9.64. The van der Waals surface area contributed by atoms with Crippen molar-refractivity contribution in [3.63, 3.8) is 0 Å². The van der Waals surface area contributed by atoms with Gasteiger partial charge in [-0.3, -0.25) is 0 Å². The van der Waals surface area contributed by atoms with Gasteiger partial charge in [0.15, 0.2) is 0 Å². The van der Waals surface area contributed by atoms with Crippen molar-refractivity contribution in [3.05, 3.63) is 194 Å². The van der Waals surface area contributed by atoms with Gasteiger partial charge in [0.05, 0.1) is 5.52 Å². The molecule has 0 fully saturated rings. The van der Waals surface area contributed by atoms with Crippen molar-refractivity contribution in [1.29, 1.82) is 0 Å². The molecule has 1 nitrogen and oxygen atoms in total. The molecule has 0 aliphatic heterocycles. The van der Waals surface area contributed by atoms with Crippen LogP contribution in [0.2, 0.25) is 0 Å². The number of hydrogen-bond donors (Lipinski definition) is 1. The molecule has 0 saturated carbocycles. The molecule has 1 heterocycles. The maximum absolute atomic E-state index is 3.76. The number of benzene rings is 8. The first-order valence-corrected chi connectivity index (χ1v) is 16.8. The summed E-state index contributed by atoms with van der Waals surface area (Å²) in [7, 11) is 0. The van der Waals surface area contributed by atoms with E-state index in [9.17, 15) is 0 Å². The van der Waals surface area contributed by atoms with Gasteiger partial charge >= 0.3 is 0 Å². The maximum Gasteiger partial charge on any atom is 0.0544 e. The Hall–Kier alpha value is -6.44. The Morgan fingerprint density at radius 1 is 0.265 bits per heavy atom. The number of H-pyrrole nitrogens is 1. The molecule has 0 radical (unpaired) electrons. The third-order valence-corrected chi connectivity index (χ3v) is 9.64. The van der Waals surface area contributed by atoms with Crippen LogP contribution in [0.3, 0.4) is 0 Å². The molecule has 0 saturated heterocycles. The molecule has 9 rings (SSSR count). The topological polar surface area (TPSA) is 15.8 Å². The zero-order valence-electron chi connectivity index (χ0n) is 27.0. The lowest BCUT2D eigenvalue weighted by atomic mass is 9.92. The van der Waals surface area contributed by atoms with Gasteiger partial charge in [0.2, 0.25) is 0 Å². The molecule has 0 aliphatic rings. The Balaban J connectivity index is 0.00000361. The molecule has 0 unspecified atom stereocenters. The highest BCUT2D eigenvalue weighted by atomic mass is 14.7. The molecule has 1 heteroatoms. The molecular weight excluding hydrogens is 591 g/mol. The van der Waals surface area contributed by atoms with E-state index in [4.69, 9.17) is 0 Å². The third kappa shape index (κ3) is 5.52. The van der Waals surface area contributed by atoms with E-state index in [2.05, 4.69) is 199 Å². The predicted octanol–water partition coefficient (Wildman–Crippen LogP) is 13.6. The summed E-state index contributed by atoms with van der Waals surface area (Å²) in [6.07, 6.45) is 0. The molecule has 0 atom stereocenters. The van der Waals surface area contributed by atoms with Gasteiger partial charge in [-0.1, -0.05) is 164 Å². The van der Waals surface area contributed by atoms with E-state index in [1.807, 2.05) is 0 Å². The van der Waals surface area contributed by atoms with Crippen molar-refractivity contribution in [2.24, 2.45) is 0 Å². The molecule has 49 heavy (non-hydrogen) atoms. The van der Waals surface area contributed by atoms with Gasteiger partial charge in [0.1, 0.15) is 0 Å². The minimum absolute atomic E-state index is 0. The number of fused-ring (bicyclic) bond motifs is 3. The van der Waals surface area contributed by atoms with Crippen LogP contribution in [-0.2, 0) is 0 Å². The molecule has 1 aromatic heterocycles. The zero-order valence-corrected chi connectivity index (χ0v) is 27.0. The van der Waals surface area contributed by atoms with Crippen LogP contribution < -0.4 is 0 Å². The van der Waals surface area contributed by atoms with Gasteiger partial charge in [0, 0.05) is 23.3 Å². The van der Waals surface area contributed by atoms with Crippen LogP contribution in [0.5, 0.6) is 0 Å². The lowest BCUT2D eigenvalue weighted by molar-refractivity contribution is 1.52. The summed E-state index contributed by atoms with van der Waals surface area (Å²) in [5, 5.41) is 2.47. The second-order valence-corrected chi connectivity index (χ2v) is 12.7. The highest BCUT2D eigenvalue weighted by Crippen LogP contribution is 2.39. The van der Waals surface area contributed by atoms with E-state index >= 15 is 0 Å². The Morgan fingerprint density at radius 3 is 1.24 bits per heavy atom. The van der Waals surface area contributed by atoms with E-state index in [-0.39, 0.29) is 1.43 Å². The first-order valence-electron chi connectivity index (χ1n) is 16.8. The molecule has 1 N–H and O–H groups in total. The minimum Gasteiger partial charge on any atom is -0.354 e. The van der Waals surface area contributed by atoms with Crippen LogP contribution in [0, 0.1) is 0 Å². The number of nitrogens with one attached hydrogen (secondary N) is 1. The SMILES string of the molecule is [HH].c1ccc(-c2ccc(-c3cccc(-c4cc(-c5cccc(-c6ccc(-c7ccccc7)cc6)c5)c5[nH]c6ccccc6c5c4)c3)cc2)cc1. The van der Waals surface area contributed by atoms with Gasteiger partial charge < -0.3 is 4.98 Å². The number of rotatable bonds is 6. The molecule has 0 aliphatic carbocycles. The van der Waals surface area contributed by atoms with Crippen molar-refractivity contribution in [3.8, 4) is 66.8 Å². The first kappa shape index (κ1) is 28.8. The normalized spacial score (nSPS) is 11.3. The standard InChI is InChI=1S/C48H33N.H2/c1-3-11-33(12-4-1)35-21-25-37(26-22-35)39-15-9-17-41(29-39)43-31-45(48-46(32-43)44-19-7-8-20-47(44)49-48)42-18-10-16-40(30-42)38-27-23-36(24-28-38)34-13-5-2-6-14-34;/h1-32,49H;1H. The van der Waals surface area contributed by atoms with E-state index in [0.29, 0.717) is 0 Å². The molecule has 8 aromatic carbocycles. The summed E-state index contributed by atoms with van der Waals surface area (Å²) < 4.78 is 0.